The van der Waals surface area contributed by atoms with Crippen molar-refractivity contribution in [2.45, 2.75) is 37.5 Å². The fourth-order valence-corrected chi connectivity index (χ4v) is 5.84. The summed E-state index contributed by atoms with van der Waals surface area (Å²) >= 11 is 1.44. The van der Waals surface area contributed by atoms with Gasteiger partial charge in [0.2, 0.25) is 5.91 Å². The van der Waals surface area contributed by atoms with Crippen LogP contribution in [-0.4, -0.2) is 40.4 Å². The summed E-state index contributed by atoms with van der Waals surface area (Å²) in [6.07, 6.45) is 7.87. The Balaban J connectivity index is 1.31. The molecule has 12 heteroatoms. The van der Waals surface area contributed by atoms with Crippen LogP contribution < -0.4 is 11.1 Å². The number of nitrogens with two attached hydrogens (primary N) is 1. The lowest BCUT2D eigenvalue weighted by Crippen LogP contribution is -2.32. The molecule has 1 aromatic carbocycles. The molecule has 1 aliphatic carbocycles. The number of carbonyl (C=O) groups excluding carboxylic acids is 1. The smallest absolute Gasteiger partial charge is 0.243 e. The molecule has 1 atom stereocenters. The first-order valence-electron chi connectivity index (χ1n) is 11.8. The minimum Gasteiger partial charge on any atom is -0.383 e. The van der Waals surface area contributed by atoms with Crippen molar-refractivity contribution in [3.63, 3.8) is 0 Å². The minimum atomic E-state index is -1.13. The SMILES string of the molecule is CC1(c2nnc(C3CC3)s2)C(=O)Nc2nc(-c3cn4ccnc4c(Cc4ccc(F)cc4)n3)nc(N)c21. The number of anilines is 2. The number of rotatable bonds is 5. The predicted octanol–water partition coefficient (Wildman–Crippen LogP) is 3.49. The highest BCUT2D eigenvalue weighted by molar-refractivity contribution is 7.11. The van der Waals surface area contributed by atoms with Gasteiger partial charge in [-0.3, -0.25) is 4.79 Å². The number of nitrogen functional groups attached to an aromatic ring is 1. The second-order valence-electron chi connectivity index (χ2n) is 9.49. The normalized spacial score (nSPS) is 18.8. The van der Waals surface area contributed by atoms with E-state index in [1.807, 2.05) is 4.40 Å². The molecule has 5 aromatic rings. The molecule has 1 saturated carbocycles. The number of benzene rings is 1. The van der Waals surface area contributed by atoms with Gasteiger partial charge in [-0.2, -0.15) is 0 Å². The molecule has 10 nitrogen and oxygen atoms in total. The van der Waals surface area contributed by atoms with Crippen molar-refractivity contribution in [3.05, 3.63) is 75.5 Å². The lowest BCUT2D eigenvalue weighted by Gasteiger charge is -2.19. The first-order chi connectivity index (χ1) is 17.9. The monoisotopic (exact) mass is 513 g/mol. The molecule has 4 aromatic heterocycles. The van der Waals surface area contributed by atoms with Gasteiger partial charge in [0, 0.05) is 30.9 Å². The van der Waals surface area contributed by atoms with Crippen molar-refractivity contribution >= 4 is 34.5 Å². The van der Waals surface area contributed by atoms with Crippen molar-refractivity contribution in [2.75, 3.05) is 11.1 Å². The Bertz CT molecular complexity index is 1710. The predicted molar refractivity (Wildman–Crippen MR) is 135 cm³/mol. The van der Waals surface area contributed by atoms with E-state index in [2.05, 4.69) is 30.5 Å². The summed E-state index contributed by atoms with van der Waals surface area (Å²) in [5.74, 6) is 0.650. The van der Waals surface area contributed by atoms with Crippen molar-refractivity contribution in [3.8, 4) is 11.5 Å². The second-order valence-corrected chi connectivity index (χ2v) is 10.5. The van der Waals surface area contributed by atoms with Gasteiger partial charge in [0.25, 0.3) is 0 Å². The van der Waals surface area contributed by atoms with Crippen LogP contribution >= 0.6 is 11.3 Å². The molecule has 1 unspecified atom stereocenters. The number of aromatic nitrogens is 7. The quantitative estimate of drug-likeness (QED) is 0.364. The Morgan fingerprint density at radius 1 is 1.19 bits per heavy atom. The average Bonchev–Trinajstić information content (AvgIpc) is 3.30. The zero-order valence-electron chi connectivity index (χ0n) is 19.6. The van der Waals surface area contributed by atoms with Crippen molar-refractivity contribution in [1.29, 1.82) is 0 Å². The lowest BCUT2D eigenvalue weighted by molar-refractivity contribution is -0.119. The van der Waals surface area contributed by atoms with Crippen LogP contribution in [0.2, 0.25) is 0 Å². The average molecular weight is 514 g/mol. The maximum absolute atomic E-state index is 13.4. The first kappa shape index (κ1) is 21.9. The van der Waals surface area contributed by atoms with Crippen molar-refractivity contribution in [1.82, 2.24) is 34.5 Å². The largest absolute Gasteiger partial charge is 0.383 e. The van der Waals surface area contributed by atoms with Gasteiger partial charge in [0.15, 0.2) is 11.5 Å². The third kappa shape index (κ3) is 3.47. The van der Waals surface area contributed by atoms with Gasteiger partial charge in [-0.05, 0) is 37.5 Å². The van der Waals surface area contributed by atoms with Crippen LogP contribution in [0.4, 0.5) is 16.0 Å². The zero-order valence-corrected chi connectivity index (χ0v) is 20.5. The van der Waals surface area contributed by atoms with E-state index < -0.39 is 5.41 Å². The summed E-state index contributed by atoms with van der Waals surface area (Å²) in [5, 5.41) is 13.0. The Morgan fingerprint density at radius 3 is 2.78 bits per heavy atom. The maximum atomic E-state index is 13.4. The highest BCUT2D eigenvalue weighted by atomic mass is 32.1. The summed E-state index contributed by atoms with van der Waals surface area (Å²) in [6.45, 7) is 1.78. The second kappa shape index (κ2) is 7.84. The van der Waals surface area contributed by atoms with Crippen LogP contribution in [0.3, 0.4) is 0 Å². The number of fused-ring (bicyclic) bond motifs is 2. The molecule has 1 amide bonds. The number of hydrogen-bond acceptors (Lipinski definition) is 9. The van der Waals surface area contributed by atoms with Gasteiger partial charge >= 0.3 is 0 Å². The van der Waals surface area contributed by atoms with E-state index in [4.69, 9.17) is 10.7 Å². The molecule has 7 rings (SSSR count). The molecule has 0 radical (unpaired) electrons. The third-order valence-electron chi connectivity index (χ3n) is 6.88. The Labute approximate surface area is 213 Å². The van der Waals surface area contributed by atoms with E-state index in [-0.39, 0.29) is 23.4 Å². The van der Waals surface area contributed by atoms with Gasteiger partial charge < -0.3 is 15.5 Å². The Morgan fingerprint density at radius 2 is 2.00 bits per heavy atom. The molecule has 0 spiro atoms. The molecule has 3 N–H and O–H groups in total. The van der Waals surface area contributed by atoms with E-state index in [0.717, 1.165) is 23.4 Å². The van der Waals surface area contributed by atoms with Crippen LogP contribution in [0.25, 0.3) is 17.2 Å². The first-order valence-corrected chi connectivity index (χ1v) is 12.6. The molecule has 0 bridgehead atoms. The van der Waals surface area contributed by atoms with E-state index in [9.17, 15) is 9.18 Å². The van der Waals surface area contributed by atoms with Crippen molar-refractivity contribution in [2.24, 2.45) is 0 Å². The summed E-state index contributed by atoms with van der Waals surface area (Å²) < 4.78 is 15.2. The molecular formula is C25H20FN9OS. The maximum Gasteiger partial charge on any atom is 0.243 e. The van der Waals surface area contributed by atoms with E-state index in [1.165, 1.54) is 23.5 Å². The number of halogens is 1. The summed E-state index contributed by atoms with van der Waals surface area (Å²) in [6, 6.07) is 6.26. The summed E-state index contributed by atoms with van der Waals surface area (Å²) in [4.78, 5) is 31.6. The fraction of sp³-hybridized carbons (Fsp3) is 0.240. The highest BCUT2D eigenvalue weighted by Crippen LogP contribution is 2.48. The zero-order chi connectivity index (χ0) is 25.3. The highest BCUT2D eigenvalue weighted by Gasteiger charge is 2.50. The molecule has 2 aliphatic rings. The number of hydrogen-bond donors (Lipinski definition) is 2. The van der Waals surface area contributed by atoms with Gasteiger partial charge in [-0.25, -0.2) is 24.3 Å². The number of amides is 1. The molecule has 0 saturated heterocycles. The molecule has 1 aliphatic heterocycles. The topological polar surface area (TPSA) is 137 Å². The van der Waals surface area contributed by atoms with Gasteiger partial charge in [-0.1, -0.05) is 23.5 Å². The Hall–Kier alpha value is -4.32. The van der Waals surface area contributed by atoms with E-state index in [0.29, 0.717) is 45.8 Å². The Kier molecular flexibility index (Phi) is 4.64. The van der Waals surface area contributed by atoms with Crippen LogP contribution in [-0.2, 0) is 16.6 Å². The molecule has 184 valence electrons. The van der Waals surface area contributed by atoms with Crippen LogP contribution in [0.15, 0.2) is 42.9 Å². The van der Waals surface area contributed by atoms with Crippen LogP contribution in [0, 0.1) is 5.82 Å². The standard InChI is InChI=1S/C25H20FN9OS/c1-25(24-34-33-22(37-24)13-4-5-13)17-18(27)30-19(31-20(17)32-23(25)36)16-11-35-9-8-28-21(35)15(29-16)10-12-2-6-14(26)7-3-12/h2-3,6-9,11,13H,4-5,10H2,1H3,(H3,27,30,31,32,36). The molecule has 1 fully saturated rings. The molecule has 5 heterocycles. The van der Waals surface area contributed by atoms with Gasteiger partial charge in [-0.15, -0.1) is 10.2 Å². The van der Waals surface area contributed by atoms with Gasteiger partial charge in [0.1, 0.15) is 38.6 Å². The summed E-state index contributed by atoms with van der Waals surface area (Å²) in [5.41, 5.74) is 8.53. The number of carbonyl (C=O) groups is 1. The number of nitrogens with zero attached hydrogens (tertiary/aromatic N) is 7. The third-order valence-corrected chi connectivity index (χ3v) is 8.18. The van der Waals surface area contributed by atoms with Crippen LogP contribution in [0.1, 0.15) is 52.5 Å². The van der Waals surface area contributed by atoms with E-state index >= 15 is 0 Å². The number of imidazole rings is 1. The summed E-state index contributed by atoms with van der Waals surface area (Å²) in [7, 11) is 0. The molecule has 37 heavy (non-hydrogen) atoms. The van der Waals surface area contributed by atoms with Crippen molar-refractivity contribution < 1.29 is 9.18 Å². The van der Waals surface area contributed by atoms with E-state index in [1.54, 1.807) is 37.6 Å². The molecular weight excluding hydrogens is 493 g/mol. The fourth-order valence-electron chi connectivity index (χ4n) is 4.68. The van der Waals surface area contributed by atoms with Crippen LogP contribution in [0.5, 0.6) is 0 Å². The van der Waals surface area contributed by atoms with Gasteiger partial charge in [0.05, 0.1) is 11.3 Å². The number of nitrogens with one attached hydrogen (secondary N) is 1. The lowest BCUT2D eigenvalue weighted by atomic mass is 9.85. The minimum absolute atomic E-state index is 0.177.